The third-order valence-electron chi connectivity index (χ3n) is 1.37. The molecule has 0 aliphatic rings. The van der Waals surface area contributed by atoms with Gasteiger partial charge in [-0.25, -0.2) is 0 Å². The highest BCUT2D eigenvalue weighted by atomic mass is 35.5. The van der Waals surface area contributed by atoms with E-state index in [1.807, 2.05) is 0 Å². The van der Waals surface area contributed by atoms with E-state index >= 15 is 0 Å². The molecule has 0 aromatic rings. The Bertz CT molecular complexity index is 142. The summed E-state index contributed by atoms with van der Waals surface area (Å²) in [6, 6.07) is -0.518. The van der Waals surface area contributed by atoms with Crippen LogP contribution in [0, 0.1) is 0 Å². The number of hydrogen-bond acceptors (Lipinski definition) is 4. The number of ether oxygens (including phenoxy) is 1. The quantitative estimate of drug-likeness (QED) is 0.645. The van der Waals surface area contributed by atoms with Gasteiger partial charge in [-0.05, 0) is 33.2 Å². The van der Waals surface area contributed by atoms with Gasteiger partial charge in [0.1, 0.15) is 6.04 Å². The van der Waals surface area contributed by atoms with Gasteiger partial charge < -0.3 is 16.2 Å². The van der Waals surface area contributed by atoms with Crippen LogP contribution in [0.3, 0.4) is 0 Å². The summed E-state index contributed by atoms with van der Waals surface area (Å²) < 4.78 is 4.90. The van der Waals surface area contributed by atoms with Crippen molar-refractivity contribution < 1.29 is 9.53 Å². The monoisotopic (exact) mass is 210 g/mol. The van der Waals surface area contributed by atoms with Crippen LogP contribution in [0.1, 0.15) is 26.7 Å². The lowest BCUT2D eigenvalue weighted by Gasteiger charge is -2.12. The molecule has 0 aliphatic carbocycles. The fourth-order valence-corrected chi connectivity index (χ4v) is 0.775. The average Bonchev–Trinajstić information content (AvgIpc) is 1.98. The maximum atomic E-state index is 11.1. The van der Waals surface area contributed by atoms with Crippen molar-refractivity contribution in [2.75, 3.05) is 6.54 Å². The van der Waals surface area contributed by atoms with Gasteiger partial charge in [0.25, 0.3) is 0 Å². The smallest absolute Gasteiger partial charge is 0.323 e. The van der Waals surface area contributed by atoms with Crippen molar-refractivity contribution >= 4 is 18.4 Å². The van der Waals surface area contributed by atoms with Gasteiger partial charge in [0.05, 0.1) is 6.10 Å². The number of halogens is 1. The topological polar surface area (TPSA) is 78.3 Å². The predicted molar refractivity (Wildman–Crippen MR) is 54.7 cm³/mol. The zero-order valence-electron chi connectivity index (χ0n) is 8.16. The van der Waals surface area contributed by atoms with Crippen molar-refractivity contribution in [3.05, 3.63) is 0 Å². The highest BCUT2D eigenvalue weighted by Gasteiger charge is 2.14. The van der Waals surface area contributed by atoms with Crippen LogP contribution in [0.25, 0.3) is 0 Å². The molecule has 0 aromatic carbocycles. The first-order chi connectivity index (χ1) is 5.57. The summed E-state index contributed by atoms with van der Waals surface area (Å²) in [6.45, 7) is 4.16. The van der Waals surface area contributed by atoms with Gasteiger partial charge in [-0.3, -0.25) is 4.79 Å². The molecule has 0 unspecified atom stereocenters. The van der Waals surface area contributed by atoms with Crippen LogP contribution in [0.4, 0.5) is 0 Å². The second-order valence-corrected chi connectivity index (χ2v) is 3.02. The molecule has 4 N–H and O–H groups in total. The average molecular weight is 211 g/mol. The van der Waals surface area contributed by atoms with Crippen LogP contribution in [-0.4, -0.2) is 24.7 Å². The minimum atomic E-state index is -0.518. The molecule has 1 atom stereocenters. The van der Waals surface area contributed by atoms with Gasteiger partial charge >= 0.3 is 5.97 Å². The third kappa shape index (κ3) is 8.02. The molecule has 0 spiro atoms. The second kappa shape index (κ2) is 8.29. The number of rotatable bonds is 5. The first-order valence-electron chi connectivity index (χ1n) is 4.24. The minimum absolute atomic E-state index is 0. The van der Waals surface area contributed by atoms with E-state index in [-0.39, 0.29) is 24.5 Å². The van der Waals surface area contributed by atoms with Gasteiger partial charge in [-0.2, -0.15) is 0 Å². The number of carbonyl (C=O) groups is 1. The molecule has 13 heavy (non-hydrogen) atoms. The van der Waals surface area contributed by atoms with Crippen LogP contribution < -0.4 is 11.5 Å². The van der Waals surface area contributed by atoms with Crippen molar-refractivity contribution in [3.63, 3.8) is 0 Å². The molecule has 0 aliphatic heterocycles. The first kappa shape index (κ1) is 15.2. The normalized spacial score (nSPS) is 12.1. The number of hydrogen-bond donors (Lipinski definition) is 2. The van der Waals surface area contributed by atoms with Crippen molar-refractivity contribution in [2.45, 2.75) is 38.8 Å². The third-order valence-corrected chi connectivity index (χ3v) is 1.37. The molecule has 5 heteroatoms. The Morgan fingerprint density at radius 3 is 2.38 bits per heavy atom. The van der Waals surface area contributed by atoms with E-state index in [4.69, 9.17) is 16.2 Å². The molecule has 0 saturated carbocycles. The molecule has 0 bridgehead atoms. The van der Waals surface area contributed by atoms with Crippen molar-refractivity contribution in [1.82, 2.24) is 0 Å². The van der Waals surface area contributed by atoms with Crippen molar-refractivity contribution in [3.8, 4) is 0 Å². The Labute approximate surface area is 85.4 Å². The van der Waals surface area contributed by atoms with E-state index in [1.165, 1.54) is 0 Å². The second-order valence-electron chi connectivity index (χ2n) is 3.02. The Hall–Kier alpha value is -0.320. The first-order valence-corrected chi connectivity index (χ1v) is 4.24. The Morgan fingerprint density at radius 2 is 2.00 bits per heavy atom. The predicted octanol–water partition coefficient (Wildman–Crippen LogP) is 0.426. The van der Waals surface area contributed by atoms with E-state index in [0.29, 0.717) is 13.0 Å². The largest absolute Gasteiger partial charge is 0.462 e. The summed E-state index contributed by atoms with van der Waals surface area (Å²) in [4.78, 5) is 11.1. The summed E-state index contributed by atoms with van der Waals surface area (Å²) in [5.74, 6) is -0.335. The molecule has 0 rings (SSSR count). The number of carbonyl (C=O) groups excluding carboxylic acids is 1. The molecule has 0 heterocycles. The van der Waals surface area contributed by atoms with E-state index in [1.54, 1.807) is 13.8 Å². The molecule has 0 fully saturated rings. The van der Waals surface area contributed by atoms with Gasteiger partial charge in [0.2, 0.25) is 0 Å². The Balaban J connectivity index is 0. The molecular weight excluding hydrogens is 192 g/mol. The molecule has 0 aromatic heterocycles. The van der Waals surface area contributed by atoms with Crippen LogP contribution in [-0.2, 0) is 9.53 Å². The Kier molecular flexibility index (Phi) is 9.67. The van der Waals surface area contributed by atoms with E-state index in [9.17, 15) is 4.79 Å². The van der Waals surface area contributed by atoms with Crippen LogP contribution in [0.5, 0.6) is 0 Å². The molecular formula is C8H19ClN2O2. The summed E-state index contributed by atoms with van der Waals surface area (Å²) in [7, 11) is 0. The highest BCUT2D eigenvalue weighted by Crippen LogP contribution is 1.98. The van der Waals surface area contributed by atoms with E-state index in [0.717, 1.165) is 6.42 Å². The maximum absolute atomic E-state index is 11.1. The van der Waals surface area contributed by atoms with Crippen LogP contribution >= 0.6 is 12.4 Å². The summed E-state index contributed by atoms with van der Waals surface area (Å²) >= 11 is 0. The molecule has 80 valence electrons. The lowest BCUT2D eigenvalue weighted by molar-refractivity contribution is -0.149. The lowest BCUT2D eigenvalue weighted by Crippen LogP contribution is -2.34. The summed E-state index contributed by atoms with van der Waals surface area (Å²) in [5, 5.41) is 0. The van der Waals surface area contributed by atoms with Crippen LogP contribution in [0.15, 0.2) is 0 Å². The molecule has 0 saturated heterocycles. The molecule has 4 nitrogen and oxygen atoms in total. The van der Waals surface area contributed by atoms with Crippen molar-refractivity contribution in [1.29, 1.82) is 0 Å². The van der Waals surface area contributed by atoms with Gasteiger partial charge in [-0.15, -0.1) is 12.4 Å². The number of esters is 1. The lowest BCUT2D eigenvalue weighted by atomic mass is 10.2. The number of nitrogens with two attached hydrogens (primary N) is 2. The summed E-state index contributed by atoms with van der Waals surface area (Å²) in [6.07, 6.45) is 1.26. The zero-order valence-corrected chi connectivity index (χ0v) is 8.97. The minimum Gasteiger partial charge on any atom is -0.462 e. The maximum Gasteiger partial charge on any atom is 0.323 e. The molecule has 0 amide bonds. The fourth-order valence-electron chi connectivity index (χ4n) is 0.775. The summed E-state index contributed by atoms with van der Waals surface area (Å²) in [5.41, 5.74) is 10.8. The van der Waals surface area contributed by atoms with Gasteiger partial charge in [0.15, 0.2) is 0 Å². The zero-order chi connectivity index (χ0) is 9.56. The Morgan fingerprint density at radius 1 is 1.46 bits per heavy atom. The van der Waals surface area contributed by atoms with E-state index < -0.39 is 6.04 Å². The fraction of sp³-hybridized carbons (Fsp3) is 0.875. The van der Waals surface area contributed by atoms with Gasteiger partial charge in [-0.1, -0.05) is 0 Å². The van der Waals surface area contributed by atoms with Crippen LogP contribution in [0.2, 0.25) is 0 Å². The highest BCUT2D eigenvalue weighted by molar-refractivity contribution is 5.85. The standard InChI is InChI=1S/C8H18N2O2.ClH/c1-6(2)12-8(11)7(10)4-3-5-9;/h6-7H,3-5,9-10H2,1-2H3;1H/t7-;/m0./s1. The van der Waals surface area contributed by atoms with Gasteiger partial charge in [0, 0.05) is 0 Å². The SMILES string of the molecule is CC(C)OC(=O)[C@@H](N)CCCN.Cl. The van der Waals surface area contributed by atoms with E-state index in [2.05, 4.69) is 0 Å². The molecule has 0 radical (unpaired) electrons. The van der Waals surface area contributed by atoms with Crippen molar-refractivity contribution in [2.24, 2.45) is 11.5 Å².